The van der Waals surface area contributed by atoms with E-state index in [0.717, 1.165) is 12.8 Å². The topological polar surface area (TPSA) is 37.3 Å². The quantitative estimate of drug-likeness (QED) is 0.329. The van der Waals surface area contributed by atoms with Crippen molar-refractivity contribution in [2.45, 2.75) is 96.8 Å². The molecule has 0 saturated heterocycles. The Morgan fingerprint density at radius 1 is 0.667 bits per heavy atom. The molecular formula is C16H32O2. The normalized spacial score (nSPS) is 10.7. The number of unbranched alkanes of at least 4 members (excludes halogenated alkanes) is 12. The lowest BCUT2D eigenvalue weighted by Crippen LogP contribution is -1.93. The van der Waals surface area contributed by atoms with Crippen LogP contribution in [0, 0.1) is 0 Å². The van der Waals surface area contributed by atoms with E-state index in [1.165, 1.54) is 70.6 Å². The maximum absolute atomic E-state index is 10.3. The van der Waals surface area contributed by atoms with Gasteiger partial charge in [-0.15, -0.1) is 0 Å². The summed E-state index contributed by atoms with van der Waals surface area (Å²) in [5, 5.41) is 8.49. The first-order valence-corrected chi connectivity index (χ1v) is 7.99. The van der Waals surface area contributed by atoms with Crippen LogP contribution in [-0.2, 0) is 4.79 Å². The van der Waals surface area contributed by atoms with E-state index in [1.807, 2.05) is 0 Å². The summed E-state index contributed by atoms with van der Waals surface area (Å²) in [5.41, 5.74) is 0. The van der Waals surface area contributed by atoms with Crippen molar-refractivity contribution in [2.24, 2.45) is 0 Å². The van der Waals surface area contributed by atoms with Crippen LogP contribution in [0.25, 0.3) is 0 Å². The standard InChI is InChI=1S/C16H32O2/c1-2-3-4-5-6-7-8-9-10-11-12-13-14-15-16(17)18/h2-15H2,1H3,(H,17,18)/i1+1,3+1,5+1,7+1,9+1,11+1,13+1. The van der Waals surface area contributed by atoms with Gasteiger partial charge in [-0.2, -0.15) is 0 Å². The zero-order valence-corrected chi connectivity index (χ0v) is 12.3. The molecule has 0 unspecified atom stereocenters. The summed E-state index contributed by atoms with van der Waals surface area (Å²) in [7, 11) is 0. The van der Waals surface area contributed by atoms with Crippen LogP contribution in [0.3, 0.4) is 0 Å². The van der Waals surface area contributed by atoms with Gasteiger partial charge in [-0.25, -0.2) is 0 Å². The molecule has 18 heavy (non-hydrogen) atoms. The summed E-state index contributed by atoms with van der Waals surface area (Å²) in [6.45, 7) is 2.26. The third kappa shape index (κ3) is 15.5. The van der Waals surface area contributed by atoms with E-state index < -0.39 is 5.97 Å². The van der Waals surface area contributed by atoms with E-state index in [9.17, 15) is 4.79 Å². The molecule has 0 fully saturated rings. The van der Waals surface area contributed by atoms with Crippen molar-refractivity contribution < 1.29 is 9.90 Å². The monoisotopic (exact) mass is 263 g/mol. The van der Waals surface area contributed by atoms with Gasteiger partial charge < -0.3 is 5.11 Å². The SMILES string of the molecule is [13CH3]C[13CH2]C[13CH2]C[13CH2]C[13CH2]C[13CH2]C[13CH2]CCC(=O)O. The van der Waals surface area contributed by atoms with E-state index >= 15 is 0 Å². The van der Waals surface area contributed by atoms with Crippen LogP contribution in [0.1, 0.15) is 96.8 Å². The van der Waals surface area contributed by atoms with E-state index in [4.69, 9.17) is 5.11 Å². The van der Waals surface area contributed by atoms with Crippen molar-refractivity contribution >= 4 is 5.97 Å². The Labute approximate surface area is 113 Å². The third-order valence-corrected chi connectivity index (χ3v) is 3.49. The summed E-state index contributed by atoms with van der Waals surface area (Å²) in [5.74, 6) is -0.655. The lowest BCUT2D eigenvalue weighted by atomic mass is 10.4. The van der Waals surface area contributed by atoms with Gasteiger partial charge in [0, 0.05) is 6.42 Å². The van der Waals surface area contributed by atoms with Gasteiger partial charge in [0.05, 0.1) is 0 Å². The maximum atomic E-state index is 10.3. The number of hydrogen-bond acceptors (Lipinski definition) is 1. The molecule has 0 aromatic rings. The number of carboxylic acids is 1. The van der Waals surface area contributed by atoms with Gasteiger partial charge in [0.15, 0.2) is 0 Å². The van der Waals surface area contributed by atoms with Crippen LogP contribution < -0.4 is 0 Å². The first-order chi connectivity index (χ1) is 8.77. The summed E-state index contributed by atoms with van der Waals surface area (Å²) in [6.07, 6.45) is 17.3. The molecule has 0 aromatic carbocycles. The van der Waals surface area contributed by atoms with Crippen molar-refractivity contribution in [2.75, 3.05) is 0 Å². The molecule has 2 nitrogen and oxygen atoms in total. The summed E-state index contributed by atoms with van der Waals surface area (Å²) >= 11 is 0. The zero-order chi connectivity index (χ0) is 13.5. The second kappa shape index (κ2) is 14.5. The number of hydrogen-bond donors (Lipinski definition) is 1. The van der Waals surface area contributed by atoms with Crippen LogP contribution in [0.2, 0.25) is 0 Å². The highest BCUT2D eigenvalue weighted by molar-refractivity contribution is 5.66. The second-order valence-corrected chi connectivity index (χ2v) is 5.39. The van der Waals surface area contributed by atoms with Crippen molar-refractivity contribution in [1.29, 1.82) is 0 Å². The highest BCUT2D eigenvalue weighted by Gasteiger charge is 1.96. The minimum absolute atomic E-state index is 0.345. The molecule has 1 N–H and O–H groups in total. The van der Waals surface area contributed by atoms with Gasteiger partial charge in [-0.05, 0) is 6.42 Å². The minimum atomic E-state index is -0.655. The number of carbonyl (C=O) groups is 1. The third-order valence-electron chi connectivity index (χ3n) is 3.49. The smallest absolute Gasteiger partial charge is 0.303 e. The lowest BCUT2D eigenvalue weighted by molar-refractivity contribution is -0.137. The molecule has 0 spiro atoms. The van der Waals surface area contributed by atoms with Gasteiger partial charge in [0.1, 0.15) is 0 Å². The molecule has 0 rings (SSSR count). The fraction of sp³-hybridized carbons (Fsp3) is 0.938. The van der Waals surface area contributed by atoms with Crippen LogP contribution in [0.15, 0.2) is 0 Å². The minimum Gasteiger partial charge on any atom is -0.481 e. The molecule has 0 aliphatic rings. The molecule has 108 valence electrons. The average Bonchev–Trinajstić information content (AvgIpc) is 2.34. The van der Waals surface area contributed by atoms with Gasteiger partial charge in [-0.1, -0.05) is 84.0 Å². The highest BCUT2D eigenvalue weighted by Crippen LogP contribution is 2.12. The Balaban J connectivity index is 2.92. The number of rotatable bonds is 14. The average molecular weight is 263 g/mol. The van der Waals surface area contributed by atoms with Crippen molar-refractivity contribution in [3.63, 3.8) is 0 Å². The van der Waals surface area contributed by atoms with Crippen LogP contribution in [0.5, 0.6) is 0 Å². The summed E-state index contributed by atoms with van der Waals surface area (Å²) in [4.78, 5) is 10.3. The number of carboxylic acid groups (broad SMARTS) is 1. The maximum Gasteiger partial charge on any atom is 0.303 e. The second-order valence-electron chi connectivity index (χ2n) is 5.39. The molecule has 0 aromatic heterocycles. The van der Waals surface area contributed by atoms with Gasteiger partial charge in [-0.3, -0.25) is 4.79 Å². The van der Waals surface area contributed by atoms with Crippen LogP contribution in [0.4, 0.5) is 0 Å². The predicted octanol–water partition coefficient (Wildman–Crippen LogP) is 5.55. The molecule has 0 radical (unpaired) electrons. The Kier molecular flexibility index (Phi) is 14.1. The predicted molar refractivity (Wildman–Crippen MR) is 77.9 cm³/mol. The van der Waals surface area contributed by atoms with E-state index in [-0.39, 0.29) is 0 Å². The molecule has 0 aliphatic carbocycles. The van der Waals surface area contributed by atoms with Gasteiger partial charge in [0.25, 0.3) is 0 Å². The fourth-order valence-corrected chi connectivity index (χ4v) is 2.29. The molecular weight excluding hydrogens is 231 g/mol. The molecule has 2 heteroatoms. The molecule has 0 aliphatic heterocycles. The van der Waals surface area contributed by atoms with Gasteiger partial charge >= 0.3 is 5.97 Å². The van der Waals surface area contributed by atoms with Crippen molar-refractivity contribution in [3.8, 4) is 0 Å². The Morgan fingerprint density at radius 2 is 1.00 bits per heavy atom. The molecule has 0 heterocycles. The fourth-order valence-electron chi connectivity index (χ4n) is 2.29. The van der Waals surface area contributed by atoms with Gasteiger partial charge in [0.2, 0.25) is 0 Å². The lowest BCUT2D eigenvalue weighted by Gasteiger charge is -2.02. The highest BCUT2D eigenvalue weighted by atomic mass is 16.4. The summed E-state index contributed by atoms with van der Waals surface area (Å²) in [6, 6.07) is 0. The van der Waals surface area contributed by atoms with E-state index in [2.05, 4.69) is 6.92 Å². The molecule has 0 bridgehead atoms. The van der Waals surface area contributed by atoms with Crippen LogP contribution >= 0.6 is 0 Å². The Hall–Kier alpha value is -0.530. The Bertz CT molecular complexity index is 178. The van der Waals surface area contributed by atoms with E-state index in [0.29, 0.717) is 6.42 Å². The largest absolute Gasteiger partial charge is 0.481 e. The van der Waals surface area contributed by atoms with Crippen molar-refractivity contribution in [1.82, 2.24) is 0 Å². The van der Waals surface area contributed by atoms with Crippen LogP contribution in [-0.4, -0.2) is 11.1 Å². The zero-order valence-electron chi connectivity index (χ0n) is 12.3. The Morgan fingerprint density at radius 3 is 1.33 bits per heavy atom. The number of aliphatic carboxylic acids is 1. The summed E-state index contributed by atoms with van der Waals surface area (Å²) < 4.78 is 0. The van der Waals surface area contributed by atoms with E-state index in [1.54, 1.807) is 0 Å². The first kappa shape index (κ1) is 17.5. The molecule has 0 saturated carbocycles. The van der Waals surface area contributed by atoms with Crippen molar-refractivity contribution in [3.05, 3.63) is 0 Å². The molecule has 0 amide bonds. The first-order valence-electron chi connectivity index (χ1n) is 7.99. The molecule has 0 atom stereocenters.